The lowest BCUT2D eigenvalue weighted by atomic mass is 9.82. The lowest BCUT2D eigenvalue weighted by Gasteiger charge is -2.24. The number of amides is 1. The second kappa shape index (κ2) is 6.19. The Morgan fingerprint density at radius 1 is 1.17 bits per heavy atom. The molecule has 1 aromatic carbocycles. The van der Waals surface area contributed by atoms with Gasteiger partial charge in [-0.15, -0.1) is 0 Å². The molecule has 1 saturated carbocycles. The fourth-order valence-corrected chi connectivity index (χ4v) is 3.87. The van der Waals surface area contributed by atoms with E-state index in [1.54, 1.807) is 0 Å². The van der Waals surface area contributed by atoms with Gasteiger partial charge in [0.1, 0.15) is 0 Å². The zero-order valence-corrected chi connectivity index (χ0v) is 13.5. The molecule has 0 saturated heterocycles. The number of hydrogen-bond donors (Lipinski definition) is 2. The molecule has 4 nitrogen and oxygen atoms in total. The molecule has 23 heavy (non-hydrogen) atoms. The zero-order valence-electron chi connectivity index (χ0n) is 13.5. The van der Waals surface area contributed by atoms with Crippen LogP contribution in [0.5, 0.6) is 0 Å². The summed E-state index contributed by atoms with van der Waals surface area (Å²) in [4.78, 5) is 24.1. The highest BCUT2D eigenvalue weighted by Crippen LogP contribution is 2.48. The summed E-state index contributed by atoms with van der Waals surface area (Å²) < 4.78 is 0. The molecule has 1 fully saturated rings. The first-order valence-electron chi connectivity index (χ1n) is 8.33. The second-order valence-electron chi connectivity index (χ2n) is 6.76. The number of carboxylic acids is 1. The quantitative estimate of drug-likeness (QED) is 0.815. The Hall–Kier alpha value is -2.10. The summed E-state index contributed by atoms with van der Waals surface area (Å²) in [6, 6.07) is 7.86. The molecular weight excluding hydrogens is 290 g/mol. The highest BCUT2D eigenvalue weighted by molar-refractivity contribution is 5.96. The standard InChI is InChI=1S/C19H23NO3/c1-3-11(2)12-6-8-15(9-7-12)20-18(21)16-13-4-5-14(10-13)17(16)19(22)23/h4-9,11,13-14,16-17H,3,10H2,1-2H3,(H,20,21)(H,22,23)/t11-,13-,14+,16+,17+/m1/s1. The number of hydrogen-bond acceptors (Lipinski definition) is 2. The van der Waals surface area contributed by atoms with Gasteiger partial charge >= 0.3 is 5.97 Å². The predicted molar refractivity (Wildman–Crippen MR) is 89.1 cm³/mol. The maximum Gasteiger partial charge on any atom is 0.307 e. The fourth-order valence-electron chi connectivity index (χ4n) is 3.87. The van der Waals surface area contributed by atoms with Crippen LogP contribution in [-0.4, -0.2) is 17.0 Å². The van der Waals surface area contributed by atoms with E-state index < -0.39 is 17.8 Å². The molecule has 1 amide bonds. The number of carbonyl (C=O) groups excluding carboxylic acids is 1. The van der Waals surface area contributed by atoms with Crippen molar-refractivity contribution < 1.29 is 14.7 Å². The molecule has 1 aromatic rings. The van der Waals surface area contributed by atoms with Gasteiger partial charge in [-0.05, 0) is 48.3 Å². The third-order valence-electron chi connectivity index (χ3n) is 5.41. The van der Waals surface area contributed by atoms with Gasteiger partial charge in [-0.3, -0.25) is 9.59 Å². The van der Waals surface area contributed by atoms with Crippen molar-refractivity contribution in [1.29, 1.82) is 0 Å². The first-order chi connectivity index (χ1) is 11.0. The number of allylic oxidation sites excluding steroid dienone is 2. The Balaban J connectivity index is 1.72. The van der Waals surface area contributed by atoms with Crippen LogP contribution in [0.1, 0.15) is 38.2 Å². The van der Waals surface area contributed by atoms with Gasteiger partial charge in [0.05, 0.1) is 11.8 Å². The van der Waals surface area contributed by atoms with Crippen molar-refractivity contribution >= 4 is 17.6 Å². The van der Waals surface area contributed by atoms with E-state index in [1.165, 1.54) is 5.56 Å². The van der Waals surface area contributed by atoms with Crippen LogP contribution in [0.4, 0.5) is 5.69 Å². The van der Waals surface area contributed by atoms with Crippen LogP contribution < -0.4 is 5.32 Å². The molecule has 2 aliphatic carbocycles. The average molecular weight is 313 g/mol. The fraction of sp³-hybridized carbons (Fsp3) is 0.474. The van der Waals surface area contributed by atoms with Crippen molar-refractivity contribution in [2.24, 2.45) is 23.7 Å². The number of anilines is 1. The number of aliphatic carboxylic acids is 1. The summed E-state index contributed by atoms with van der Waals surface area (Å²) in [5.74, 6) is -1.55. The number of carboxylic acid groups (broad SMARTS) is 1. The molecule has 0 heterocycles. The SMILES string of the molecule is CC[C@@H](C)c1ccc(NC(=O)[C@@H]2[C@@H](C(=O)O)[C@H]3C=C[C@@H]2C3)cc1. The van der Waals surface area contributed by atoms with E-state index in [0.29, 0.717) is 5.92 Å². The first kappa shape index (κ1) is 15.8. The minimum atomic E-state index is -0.867. The van der Waals surface area contributed by atoms with Crippen molar-refractivity contribution in [2.45, 2.75) is 32.6 Å². The van der Waals surface area contributed by atoms with Crippen LogP contribution in [0.3, 0.4) is 0 Å². The smallest absolute Gasteiger partial charge is 0.307 e. The minimum Gasteiger partial charge on any atom is -0.481 e. The molecule has 0 unspecified atom stereocenters. The van der Waals surface area contributed by atoms with Gasteiger partial charge in [0, 0.05) is 5.69 Å². The molecule has 0 radical (unpaired) electrons. The Morgan fingerprint density at radius 2 is 1.78 bits per heavy atom. The van der Waals surface area contributed by atoms with Crippen molar-refractivity contribution in [3.05, 3.63) is 42.0 Å². The lowest BCUT2D eigenvalue weighted by molar-refractivity contribution is -0.146. The van der Waals surface area contributed by atoms with E-state index in [1.807, 2.05) is 36.4 Å². The molecule has 0 aliphatic heterocycles. The molecule has 0 aromatic heterocycles. The average Bonchev–Trinajstić information content (AvgIpc) is 3.15. The van der Waals surface area contributed by atoms with Crippen LogP contribution in [0.25, 0.3) is 0 Å². The van der Waals surface area contributed by atoms with Gasteiger partial charge in [-0.1, -0.05) is 38.1 Å². The van der Waals surface area contributed by atoms with E-state index in [9.17, 15) is 14.7 Å². The Morgan fingerprint density at radius 3 is 2.35 bits per heavy atom. The lowest BCUT2D eigenvalue weighted by Crippen LogP contribution is -2.36. The van der Waals surface area contributed by atoms with Crippen LogP contribution in [0.15, 0.2) is 36.4 Å². The summed E-state index contributed by atoms with van der Waals surface area (Å²) in [7, 11) is 0. The molecule has 122 valence electrons. The monoisotopic (exact) mass is 313 g/mol. The summed E-state index contributed by atoms with van der Waals surface area (Å²) >= 11 is 0. The van der Waals surface area contributed by atoms with Crippen molar-refractivity contribution in [3.63, 3.8) is 0 Å². The number of benzene rings is 1. The zero-order chi connectivity index (χ0) is 16.6. The molecule has 2 aliphatic rings. The Kier molecular flexibility index (Phi) is 4.24. The Bertz CT molecular complexity index is 635. The number of nitrogens with one attached hydrogen (secondary N) is 1. The highest BCUT2D eigenvalue weighted by atomic mass is 16.4. The van der Waals surface area contributed by atoms with Crippen LogP contribution >= 0.6 is 0 Å². The molecule has 2 bridgehead atoms. The third-order valence-corrected chi connectivity index (χ3v) is 5.41. The van der Waals surface area contributed by atoms with Gasteiger partial charge in [-0.25, -0.2) is 0 Å². The molecule has 0 spiro atoms. The normalized spacial score (nSPS) is 29.5. The molecule has 5 atom stereocenters. The Labute approximate surface area is 136 Å². The van der Waals surface area contributed by atoms with Crippen molar-refractivity contribution in [3.8, 4) is 0 Å². The number of fused-ring (bicyclic) bond motifs is 2. The molecule has 3 rings (SSSR count). The topological polar surface area (TPSA) is 66.4 Å². The van der Waals surface area contributed by atoms with E-state index in [-0.39, 0.29) is 17.7 Å². The summed E-state index contributed by atoms with van der Waals surface area (Å²) in [5, 5.41) is 12.3. The third kappa shape index (κ3) is 2.90. The van der Waals surface area contributed by atoms with Gasteiger partial charge in [0.25, 0.3) is 0 Å². The van der Waals surface area contributed by atoms with Crippen LogP contribution in [-0.2, 0) is 9.59 Å². The highest BCUT2D eigenvalue weighted by Gasteiger charge is 2.51. The first-order valence-corrected chi connectivity index (χ1v) is 8.33. The van der Waals surface area contributed by atoms with Crippen LogP contribution in [0.2, 0.25) is 0 Å². The maximum atomic E-state index is 12.6. The van der Waals surface area contributed by atoms with Gasteiger partial charge in [-0.2, -0.15) is 0 Å². The number of rotatable bonds is 5. The van der Waals surface area contributed by atoms with Crippen molar-refractivity contribution in [1.82, 2.24) is 0 Å². The second-order valence-corrected chi connectivity index (χ2v) is 6.76. The van der Waals surface area contributed by atoms with Crippen molar-refractivity contribution in [2.75, 3.05) is 5.32 Å². The van der Waals surface area contributed by atoms with Gasteiger partial charge < -0.3 is 10.4 Å². The van der Waals surface area contributed by atoms with E-state index >= 15 is 0 Å². The van der Waals surface area contributed by atoms with Gasteiger partial charge in [0.15, 0.2) is 0 Å². The van der Waals surface area contributed by atoms with Crippen LogP contribution in [0, 0.1) is 23.7 Å². The van der Waals surface area contributed by atoms with E-state index in [2.05, 4.69) is 19.2 Å². The minimum absolute atomic E-state index is 0.000954. The summed E-state index contributed by atoms with van der Waals surface area (Å²) in [6.45, 7) is 4.32. The van der Waals surface area contributed by atoms with Gasteiger partial charge in [0.2, 0.25) is 5.91 Å². The van der Waals surface area contributed by atoms with E-state index in [0.717, 1.165) is 18.5 Å². The van der Waals surface area contributed by atoms with E-state index in [4.69, 9.17) is 0 Å². The number of carbonyl (C=O) groups is 2. The maximum absolute atomic E-state index is 12.6. The largest absolute Gasteiger partial charge is 0.481 e. The summed E-state index contributed by atoms with van der Waals surface area (Å²) in [5.41, 5.74) is 1.98. The summed E-state index contributed by atoms with van der Waals surface area (Å²) in [6.07, 6.45) is 5.81. The molecule has 4 heteroatoms. The molecule has 2 N–H and O–H groups in total. The predicted octanol–water partition coefficient (Wildman–Crippen LogP) is 3.66. The molecular formula is C19H23NO3.